The van der Waals surface area contributed by atoms with Crippen LogP contribution in [0.3, 0.4) is 0 Å². The third-order valence-corrected chi connectivity index (χ3v) is 1.91. The molecule has 0 aromatic rings. The third-order valence-electron chi connectivity index (χ3n) is 1.31. The first-order chi connectivity index (χ1) is 4.61. The fourth-order valence-corrected chi connectivity index (χ4v) is 1.03. The summed E-state index contributed by atoms with van der Waals surface area (Å²) < 4.78 is 0. The lowest BCUT2D eigenvalue weighted by Gasteiger charge is -2.08. The van der Waals surface area contributed by atoms with E-state index in [2.05, 4.69) is 25.9 Å². The summed E-state index contributed by atoms with van der Waals surface area (Å²) in [5.41, 5.74) is 1.53. The molecule has 0 saturated carbocycles. The Bertz CT molecular complexity index is 232. The van der Waals surface area contributed by atoms with Gasteiger partial charge in [0.15, 0.2) is 4.95 Å². The smallest absolute Gasteiger partial charge is 0.269 e. The number of carbonyl (C=O) groups is 1. The molecule has 1 unspecified atom stereocenters. The molecule has 54 valence electrons. The maximum absolute atomic E-state index is 10.8. The Kier molecular flexibility index (Phi) is 1.99. The minimum Gasteiger partial charge on any atom is -0.269 e. The molecule has 0 spiro atoms. The van der Waals surface area contributed by atoms with Crippen molar-refractivity contribution in [3.05, 3.63) is 0 Å². The first-order valence-electron chi connectivity index (χ1n) is 2.89. The van der Waals surface area contributed by atoms with Crippen LogP contribution < -0.4 is 0 Å². The van der Waals surface area contributed by atoms with Gasteiger partial charge in [-0.1, -0.05) is 15.9 Å². The lowest BCUT2D eigenvalue weighted by molar-refractivity contribution is -0.117. The van der Waals surface area contributed by atoms with E-state index in [0.717, 1.165) is 5.71 Å². The van der Waals surface area contributed by atoms with E-state index in [1.165, 1.54) is 0 Å². The van der Waals surface area contributed by atoms with Crippen molar-refractivity contribution in [1.82, 2.24) is 0 Å². The van der Waals surface area contributed by atoms with Gasteiger partial charge < -0.3 is 0 Å². The van der Waals surface area contributed by atoms with Crippen LogP contribution >= 0.6 is 15.9 Å². The highest BCUT2D eigenvalue weighted by Crippen LogP contribution is 2.09. The molecule has 0 aliphatic carbocycles. The molecule has 0 aromatic heterocycles. The van der Waals surface area contributed by atoms with E-state index in [0.29, 0.717) is 5.71 Å². The minimum absolute atomic E-state index is 0.219. The SMILES string of the molecule is CC1=NC(=O)C(Br)N=C1C. The summed E-state index contributed by atoms with van der Waals surface area (Å²) in [5.74, 6) is -0.219. The largest absolute Gasteiger partial charge is 0.281 e. The Hall–Kier alpha value is -0.510. The maximum atomic E-state index is 10.8. The second kappa shape index (κ2) is 2.62. The summed E-state index contributed by atoms with van der Waals surface area (Å²) >= 11 is 3.08. The zero-order valence-electron chi connectivity index (χ0n) is 5.76. The zero-order valence-corrected chi connectivity index (χ0v) is 7.34. The molecule has 10 heavy (non-hydrogen) atoms. The van der Waals surface area contributed by atoms with Gasteiger partial charge in [-0.25, -0.2) is 4.99 Å². The summed E-state index contributed by atoms with van der Waals surface area (Å²) in [5, 5.41) is 0. The van der Waals surface area contributed by atoms with Gasteiger partial charge in [0.05, 0.1) is 11.4 Å². The lowest BCUT2D eigenvalue weighted by Crippen LogP contribution is -2.22. The van der Waals surface area contributed by atoms with Gasteiger partial charge in [0.1, 0.15) is 0 Å². The van der Waals surface area contributed by atoms with E-state index in [1.807, 2.05) is 6.92 Å². The lowest BCUT2D eigenvalue weighted by atomic mass is 10.2. The van der Waals surface area contributed by atoms with Crippen molar-refractivity contribution in [2.24, 2.45) is 9.98 Å². The number of hydrogen-bond acceptors (Lipinski definition) is 2. The standard InChI is InChI=1S/C6H7BrN2O/c1-3-4(2)9-6(10)5(7)8-3/h5H,1-2H3. The van der Waals surface area contributed by atoms with Crippen molar-refractivity contribution in [2.45, 2.75) is 18.8 Å². The molecule has 1 atom stereocenters. The van der Waals surface area contributed by atoms with Gasteiger partial charge in [-0.05, 0) is 13.8 Å². The molecule has 1 amide bonds. The van der Waals surface area contributed by atoms with Gasteiger partial charge in [0.2, 0.25) is 0 Å². The first kappa shape index (κ1) is 7.60. The molecule has 0 N–H and O–H groups in total. The van der Waals surface area contributed by atoms with Crippen LogP contribution in [0.2, 0.25) is 0 Å². The van der Waals surface area contributed by atoms with Gasteiger partial charge in [-0.2, -0.15) is 0 Å². The minimum atomic E-state index is -0.462. The molecule has 3 nitrogen and oxygen atoms in total. The summed E-state index contributed by atoms with van der Waals surface area (Å²) in [6.45, 7) is 3.61. The fourth-order valence-electron chi connectivity index (χ4n) is 0.618. The molecule has 1 aliphatic heterocycles. The zero-order chi connectivity index (χ0) is 7.72. The number of rotatable bonds is 0. The number of amides is 1. The van der Waals surface area contributed by atoms with Gasteiger partial charge in [0.25, 0.3) is 5.91 Å². The van der Waals surface area contributed by atoms with Crippen LogP contribution in [-0.4, -0.2) is 22.3 Å². The van der Waals surface area contributed by atoms with Crippen LogP contribution in [0.4, 0.5) is 0 Å². The highest BCUT2D eigenvalue weighted by molar-refractivity contribution is 9.10. The highest BCUT2D eigenvalue weighted by Gasteiger charge is 2.18. The second-order valence-corrected chi connectivity index (χ2v) is 2.95. The molecule has 1 heterocycles. The number of halogens is 1. The van der Waals surface area contributed by atoms with Crippen molar-refractivity contribution in [3.8, 4) is 0 Å². The number of aliphatic imine (C=N–C) groups is 2. The fraction of sp³-hybridized carbons (Fsp3) is 0.500. The quantitative estimate of drug-likeness (QED) is 0.430. The Balaban J connectivity index is 2.94. The molecule has 0 fully saturated rings. The molecular weight excluding hydrogens is 196 g/mol. The molecule has 0 radical (unpaired) electrons. The van der Waals surface area contributed by atoms with Gasteiger partial charge >= 0.3 is 0 Å². The topological polar surface area (TPSA) is 41.8 Å². The van der Waals surface area contributed by atoms with E-state index in [1.54, 1.807) is 6.92 Å². The molecule has 0 aromatic carbocycles. The molecular formula is C6H7BrN2O. The Morgan fingerprint density at radius 3 is 2.50 bits per heavy atom. The van der Waals surface area contributed by atoms with Crippen LogP contribution in [0.5, 0.6) is 0 Å². The number of nitrogens with zero attached hydrogens (tertiary/aromatic N) is 2. The van der Waals surface area contributed by atoms with Crippen molar-refractivity contribution in [1.29, 1.82) is 0 Å². The number of hydrogen-bond donors (Lipinski definition) is 0. The molecule has 4 heteroatoms. The van der Waals surface area contributed by atoms with Crippen molar-refractivity contribution >= 4 is 33.3 Å². The summed E-state index contributed by atoms with van der Waals surface area (Å²) in [6.07, 6.45) is 0. The average Bonchev–Trinajstić information content (AvgIpc) is 1.84. The van der Waals surface area contributed by atoms with Crippen molar-refractivity contribution in [2.75, 3.05) is 0 Å². The number of alkyl halides is 1. The summed E-state index contributed by atoms with van der Waals surface area (Å²) in [6, 6.07) is 0. The Morgan fingerprint density at radius 2 is 2.00 bits per heavy atom. The predicted molar refractivity (Wildman–Crippen MR) is 43.9 cm³/mol. The molecule has 1 aliphatic rings. The van der Waals surface area contributed by atoms with Crippen LogP contribution in [0.25, 0.3) is 0 Å². The summed E-state index contributed by atoms with van der Waals surface area (Å²) in [4.78, 5) is 18.1. The number of carbonyl (C=O) groups excluding carboxylic acids is 1. The van der Waals surface area contributed by atoms with E-state index < -0.39 is 4.95 Å². The summed E-state index contributed by atoms with van der Waals surface area (Å²) in [7, 11) is 0. The average molecular weight is 203 g/mol. The van der Waals surface area contributed by atoms with Gasteiger partial charge in [0, 0.05) is 0 Å². The maximum Gasteiger partial charge on any atom is 0.281 e. The van der Waals surface area contributed by atoms with E-state index in [9.17, 15) is 4.79 Å². The predicted octanol–water partition coefficient (Wildman–Crippen LogP) is 1.17. The Labute approximate surface area is 67.4 Å². The third kappa shape index (κ3) is 1.31. The van der Waals surface area contributed by atoms with Crippen molar-refractivity contribution < 1.29 is 4.79 Å². The van der Waals surface area contributed by atoms with E-state index in [-0.39, 0.29) is 5.91 Å². The molecule has 1 rings (SSSR count). The van der Waals surface area contributed by atoms with Crippen LogP contribution in [0, 0.1) is 0 Å². The van der Waals surface area contributed by atoms with Crippen molar-refractivity contribution in [3.63, 3.8) is 0 Å². The molecule has 0 bridgehead atoms. The first-order valence-corrected chi connectivity index (χ1v) is 3.81. The van der Waals surface area contributed by atoms with E-state index in [4.69, 9.17) is 0 Å². The Morgan fingerprint density at radius 1 is 1.40 bits per heavy atom. The van der Waals surface area contributed by atoms with Gasteiger partial charge in [-0.15, -0.1) is 0 Å². The van der Waals surface area contributed by atoms with Crippen LogP contribution in [0.1, 0.15) is 13.8 Å². The second-order valence-electron chi connectivity index (χ2n) is 2.09. The van der Waals surface area contributed by atoms with Crippen LogP contribution in [0.15, 0.2) is 9.98 Å². The monoisotopic (exact) mass is 202 g/mol. The van der Waals surface area contributed by atoms with E-state index >= 15 is 0 Å². The normalized spacial score (nSPS) is 25.9. The van der Waals surface area contributed by atoms with Crippen LogP contribution in [-0.2, 0) is 4.79 Å². The highest BCUT2D eigenvalue weighted by atomic mass is 79.9. The molecule has 0 saturated heterocycles. The van der Waals surface area contributed by atoms with Gasteiger partial charge in [-0.3, -0.25) is 9.79 Å².